The summed E-state index contributed by atoms with van der Waals surface area (Å²) < 4.78 is 5.22. The fourth-order valence-corrected chi connectivity index (χ4v) is 4.96. The predicted molar refractivity (Wildman–Crippen MR) is 169 cm³/mol. The van der Waals surface area contributed by atoms with Crippen molar-refractivity contribution in [3.05, 3.63) is 0 Å². The highest BCUT2D eigenvalue weighted by atomic mass is 16.5. The summed E-state index contributed by atoms with van der Waals surface area (Å²) in [4.78, 5) is 22.5. The molecular weight excluding hydrogens is 484 g/mol. The number of unbranched alkanes of at least 4 members (excludes halogenated alkanes) is 20. The van der Waals surface area contributed by atoms with Crippen LogP contribution < -0.4 is 0 Å². The lowest BCUT2D eigenvalue weighted by atomic mass is 9.90. The molecule has 39 heavy (non-hydrogen) atoms. The molecule has 0 spiro atoms. The predicted octanol–water partition coefficient (Wildman–Crippen LogP) is 11.7. The Hall–Kier alpha value is -1.06. The van der Waals surface area contributed by atoms with Crippen LogP contribution >= 0.6 is 0 Å². The molecule has 1 N–H and O–H groups in total. The van der Waals surface area contributed by atoms with Gasteiger partial charge in [-0.1, -0.05) is 169 Å². The van der Waals surface area contributed by atoms with Crippen LogP contribution in [-0.4, -0.2) is 23.7 Å². The molecule has 0 bridgehead atoms. The molecule has 0 amide bonds. The summed E-state index contributed by atoms with van der Waals surface area (Å²) in [7, 11) is 0. The molecule has 4 heteroatoms. The highest BCUT2D eigenvalue weighted by Crippen LogP contribution is 2.20. The number of carboxylic acids is 1. The van der Waals surface area contributed by atoms with E-state index in [2.05, 4.69) is 20.8 Å². The molecule has 0 aromatic heterocycles. The third-order valence-electron chi connectivity index (χ3n) is 7.74. The number of esters is 1. The molecule has 0 fully saturated rings. The summed E-state index contributed by atoms with van der Waals surface area (Å²) in [5, 5.41) is 9.09. The lowest BCUT2D eigenvalue weighted by Crippen LogP contribution is -2.19. The Morgan fingerprint density at radius 2 is 0.897 bits per heavy atom. The number of ether oxygens (including phenoxy) is 1. The molecule has 0 aliphatic rings. The van der Waals surface area contributed by atoms with Gasteiger partial charge in [-0.15, -0.1) is 0 Å². The second-order valence-electron chi connectivity index (χ2n) is 12.0. The lowest BCUT2D eigenvalue weighted by Gasteiger charge is -2.15. The van der Waals surface area contributed by atoms with Gasteiger partial charge in [0.2, 0.25) is 0 Å². The van der Waals surface area contributed by atoms with Gasteiger partial charge in [-0.3, -0.25) is 9.59 Å². The van der Waals surface area contributed by atoms with Gasteiger partial charge in [-0.2, -0.15) is 0 Å². The van der Waals surface area contributed by atoms with Gasteiger partial charge < -0.3 is 9.84 Å². The molecule has 1 atom stereocenters. The van der Waals surface area contributed by atoms with Crippen LogP contribution in [0, 0.1) is 11.8 Å². The summed E-state index contributed by atoms with van der Waals surface area (Å²) in [6.07, 6.45) is 30.9. The Kier molecular flexibility index (Phi) is 34.1. The van der Waals surface area contributed by atoms with Crippen LogP contribution in [0.25, 0.3) is 0 Å². The molecule has 0 aromatic rings. The van der Waals surface area contributed by atoms with E-state index < -0.39 is 5.97 Å². The largest absolute Gasteiger partial charge is 0.481 e. The molecule has 0 radical (unpaired) electrons. The Morgan fingerprint density at radius 3 is 1.28 bits per heavy atom. The number of carboxylic acid groups (broad SMARTS) is 1. The summed E-state index contributed by atoms with van der Waals surface area (Å²) in [5.41, 5.74) is 0. The smallest absolute Gasteiger partial charge is 0.306 e. The lowest BCUT2D eigenvalue weighted by molar-refractivity contribution is -0.144. The van der Waals surface area contributed by atoms with Gasteiger partial charge in [-0.05, 0) is 25.2 Å². The first-order valence-electron chi connectivity index (χ1n) is 17.3. The topological polar surface area (TPSA) is 63.6 Å². The summed E-state index contributed by atoms with van der Waals surface area (Å²) in [6, 6.07) is 0. The van der Waals surface area contributed by atoms with Crippen molar-refractivity contribution in [3.63, 3.8) is 0 Å². The van der Waals surface area contributed by atoms with Crippen molar-refractivity contribution < 1.29 is 19.4 Å². The van der Waals surface area contributed by atoms with E-state index in [-0.39, 0.29) is 17.8 Å². The van der Waals surface area contributed by atoms with Gasteiger partial charge in [0.15, 0.2) is 0 Å². The highest BCUT2D eigenvalue weighted by Gasteiger charge is 2.20. The highest BCUT2D eigenvalue weighted by molar-refractivity contribution is 5.70. The summed E-state index contributed by atoms with van der Waals surface area (Å²) in [5.74, 6) is -0.500. The average Bonchev–Trinajstić information content (AvgIpc) is 2.90. The van der Waals surface area contributed by atoms with E-state index in [0.717, 1.165) is 25.7 Å². The number of hydrogen-bond donors (Lipinski definition) is 1. The first-order valence-corrected chi connectivity index (χ1v) is 17.3. The molecule has 1 unspecified atom stereocenters. The van der Waals surface area contributed by atoms with Crippen LogP contribution in [0.2, 0.25) is 0 Å². The fraction of sp³-hybridized carbons (Fsp3) is 0.943. The zero-order valence-corrected chi connectivity index (χ0v) is 27.2. The summed E-state index contributed by atoms with van der Waals surface area (Å²) >= 11 is 0. The molecule has 4 nitrogen and oxygen atoms in total. The van der Waals surface area contributed by atoms with Crippen LogP contribution in [0.5, 0.6) is 0 Å². The fourth-order valence-electron chi connectivity index (χ4n) is 4.96. The van der Waals surface area contributed by atoms with E-state index in [1.807, 2.05) is 13.8 Å². The third-order valence-corrected chi connectivity index (χ3v) is 7.74. The molecule has 0 aliphatic carbocycles. The molecule has 0 saturated heterocycles. The average molecular weight is 555 g/mol. The molecule has 0 rings (SSSR count). The molecule has 0 aromatic carbocycles. The van der Waals surface area contributed by atoms with Crippen molar-refractivity contribution >= 4 is 11.9 Å². The van der Waals surface area contributed by atoms with Crippen LogP contribution in [0.4, 0.5) is 0 Å². The van der Waals surface area contributed by atoms with E-state index in [0.29, 0.717) is 13.0 Å². The number of carbonyl (C=O) groups excluding carboxylic acids is 1. The van der Waals surface area contributed by atoms with Gasteiger partial charge in [0.05, 0.1) is 12.5 Å². The zero-order valence-electron chi connectivity index (χ0n) is 27.2. The van der Waals surface area contributed by atoms with E-state index in [1.54, 1.807) is 0 Å². The maximum Gasteiger partial charge on any atom is 0.306 e. The van der Waals surface area contributed by atoms with Crippen molar-refractivity contribution in [2.45, 2.75) is 195 Å². The Morgan fingerprint density at radius 1 is 0.538 bits per heavy atom. The molecular formula is C35H70O4. The van der Waals surface area contributed by atoms with Gasteiger partial charge >= 0.3 is 11.9 Å². The SMILES string of the molecule is CCCCCCCCCCCC(=O)OCCCCCC.CCCCCCCCCCCCC(C(=O)O)C(C)C. The van der Waals surface area contributed by atoms with E-state index >= 15 is 0 Å². The van der Waals surface area contributed by atoms with Gasteiger partial charge in [0, 0.05) is 6.42 Å². The van der Waals surface area contributed by atoms with Crippen molar-refractivity contribution in [1.29, 1.82) is 0 Å². The minimum atomic E-state index is -0.620. The van der Waals surface area contributed by atoms with Crippen molar-refractivity contribution in [3.8, 4) is 0 Å². The second kappa shape index (κ2) is 33.1. The Balaban J connectivity index is 0. The Bertz CT molecular complexity index is 503. The van der Waals surface area contributed by atoms with Crippen LogP contribution in [0.1, 0.15) is 195 Å². The number of aliphatic carboxylic acids is 1. The molecule has 0 saturated carbocycles. The minimum absolute atomic E-state index is 0.00412. The quantitative estimate of drug-likeness (QED) is 0.0771. The van der Waals surface area contributed by atoms with Gasteiger partial charge in [0.25, 0.3) is 0 Å². The number of carbonyl (C=O) groups is 2. The Labute approximate surface area is 244 Å². The second-order valence-corrected chi connectivity index (χ2v) is 12.0. The van der Waals surface area contributed by atoms with Crippen LogP contribution in [0.15, 0.2) is 0 Å². The molecule has 0 aliphatic heterocycles. The number of hydrogen-bond acceptors (Lipinski definition) is 3. The standard InChI is InChI=1S/C18H36O2.C17H34O2/c1-3-5-7-9-10-11-12-13-14-16-18(19)20-17-15-8-6-4-2;1-4-5-6-7-8-9-10-11-12-13-14-16(15(2)3)17(18)19/h3-17H2,1-2H3;15-16H,4-14H2,1-3H3,(H,18,19). The maximum atomic E-state index is 11.5. The summed E-state index contributed by atoms with van der Waals surface area (Å²) in [6.45, 7) is 11.3. The van der Waals surface area contributed by atoms with Crippen LogP contribution in [0.3, 0.4) is 0 Å². The molecule has 0 heterocycles. The monoisotopic (exact) mass is 555 g/mol. The van der Waals surface area contributed by atoms with Crippen molar-refractivity contribution in [2.24, 2.45) is 11.8 Å². The van der Waals surface area contributed by atoms with Crippen molar-refractivity contribution in [1.82, 2.24) is 0 Å². The van der Waals surface area contributed by atoms with E-state index in [4.69, 9.17) is 9.84 Å². The van der Waals surface area contributed by atoms with E-state index in [9.17, 15) is 9.59 Å². The number of rotatable bonds is 28. The zero-order chi connectivity index (χ0) is 29.4. The first-order chi connectivity index (χ1) is 18.9. The molecule has 234 valence electrons. The normalized spacial score (nSPS) is 11.7. The van der Waals surface area contributed by atoms with E-state index in [1.165, 1.54) is 128 Å². The van der Waals surface area contributed by atoms with Gasteiger partial charge in [-0.25, -0.2) is 0 Å². The third kappa shape index (κ3) is 33.0. The van der Waals surface area contributed by atoms with Gasteiger partial charge in [0.1, 0.15) is 0 Å². The minimum Gasteiger partial charge on any atom is -0.481 e. The van der Waals surface area contributed by atoms with Crippen molar-refractivity contribution in [2.75, 3.05) is 6.61 Å². The first kappa shape index (κ1) is 40.1. The van der Waals surface area contributed by atoms with Crippen LogP contribution in [-0.2, 0) is 14.3 Å². The maximum absolute atomic E-state index is 11.5.